The molecule has 8 heteroatoms. The molecule has 2 aromatic carbocycles. The van der Waals surface area contributed by atoms with Crippen molar-refractivity contribution >= 4 is 17.6 Å². The maximum Gasteiger partial charge on any atom is 0.339 e. The first-order valence-electron chi connectivity index (χ1n) is 7.80. The Balaban J connectivity index is 1.63. The van der Waals surface area contributed by atoms with E-state index in [9.17, 15) is 18.4 Å². The second kappa shape index (κ2) is 7.38. The van der Waals surface area contributed by atoms with Gasteiger partial charge in [-0.2, -0.15) is 0 Å². The van der Waals surface area contributed by atoms with Gasteiger partial charge in [-0.15, -0.1) is 0 Å². The summed E-state index contributed by atoms with van der Waals surface area (Å²) in [6.07, 6.45) is -1.18. The summed E-state index contributed by atoms with van der Waals surface area (Å²) in [4.78, 5) is 24.1. The summed E-state index contributed by atoms with van der Waals surface area (Å²) in [6.45, 7) is 2.20. The van der Waals surface area contributed by atoms with E-state index >= 15 is 0 Å². The predicted octanol–water partition coefficient (Wildman–Crippen LogP) is 2.92. The largest absolute Gasteiger partial charge is 0.486 e. The molecule has 6 nitrogen and oxygen atoms in total. The quantitative estimate of drug-likeness (QED) is 0.846. The lowest BCUT2D eigenvalue weighted by Crippen LogP contribution is -2.30. The molecule has 0 bridgehead atoms. The minimum absolute atomic E-state index is 0.318. The number of carbonyl (C=O) groups excluding carboxylic acids is 2. The van der Waals surface area contributed by atoms with E-state index in [1.165, 1.54) is 6.92 Å². The number of nitrogens with one attached hydrogen (secondary N) is 1. The Kier molecular flexibility index (Phi) is 5.01. The molecule has 1 aliphatic heterocycles. The first-order valence-corrected chi connectivity index (χ1v) is 7.80. The van der Waals surface area contributed by atoms with Crippen molar-refractivity contribution in [3.05, 3.63) is 53.6 Å². The number of benzene rings is 2. The van der Waals surface area contributed by atoms with Crippen LogP contribution in [0.25, 0.3) is 0 Å². The Bertz CT molecular complexity index is 835. The molecule has 1 amide bonds. The summed E-state index contributed by atoms with van der Waals surface area (Å²) in [6, 6.07) is 7.14. The van der Waals surface area contributed by atoms with E-state index in [1.54, 1.807) is 18.2 Å². The molecular weight excluding hydrogens is 348 g/mol. The van der Waals surface area contributed by atoms with Crippen LogP contribution in [0.2, 0.25) is 0 Å². The fourth-order valence-electron chi connectivity index (χ4n) is 2.32. The van der Waals surface area contributed by atoms with E-state index < -0.39 is 29.6 Å². The highest BCUT2D eigenvalue weighted by Gasteiger charge is 2.21. The molecule has 26 heavy (non-hydrogen) atoms. The number of fused-ring (bicyclic) bond motifs is 1. The van der Waals surface area contributed by atoms with Crippen LogP contribution in [0.1, 0.15) is 17.3 Å². The molecule has 2 aromatic rings. The topological polar surface area (TPSA) is 73.9 Å². The number of rotatable bonds is 4. The number of esters is 1. The van der Waals surface area contributed by atoms with Gasteiger partial charge in [0.05, 0.1) is 5.56 Å². The van der Waals surface area contributed by atoms with Crippen molar-refractivity contribution in [1.29, 1.82) is 0 Å². The van der Waals surface area contributed by atoms with Crippen LogP contribution in [0.5, 0.6) is 11.5 Å². The van der Waals surface area contributed by atoms with Gasteiger partial charge in [-0.3, -0.25) is 4.79 Å². The SMILES string of the molecule is C[C@@H](OC(=O)c1cc(F)cc(F)c1)C(=O)Nc1ccc2c(c1)OCCO2. The van der Waals surface area contributed by atoms with E-state index in [2.05, 4.69) is 5.32 Å². The molecule has 1 atom stereocenters. The summed E-state index contributed by atoms with van der Waals surface area (Å²) in [5, 5.41) is 2.57. The molecule has 0 saturated heterocycles. The summed E-state index contributed by atoms with van der Waals surface area (Å²) >= 11 is 0. The van der Waals surface area contributed by atoms with Gasteiger partial charge in [-0.25, -0.2) is 13.6 Å². The number of anilines is 1. The molecule has 0 saturated carbocycles. The zero-order valence-electron chi connectivity index (χ0n) is 13.8. The molecule has 0 unspecified atom stereocenters. The minimum Gasteiger partial charge on any atom is -0.486 e. The first-order chi connectivity index (χ1) is 12.4. The molecule has 1 heterocycles. The van der Waals surface area contributed by atoms with Gasteiger partial charge in [0.15, 0.2) is 17.6 Å². The Morgan fingerprint density at radius 2 is 1.69 bits per heavy atom. The minimum atomic E-state index is -1.18. The second-order valence-corrected chi connectivity index (χ2v) is 5.55. The van der Waals surface area contributed by atoms with E-state index in [-0.39, 0.29) is 5.56 Å². The maximum atomic E-state index is 13.2. The van der Waals surface area contributed by atoms with Crippen molar-refractivity contribution in [2.24, 2.45) is 0 Å². The summed E-state index contributed by atoms with van der Waals surface area (Å²) in [5.74, 6) is -2.37. The van der Waals surface area contributed by atoms with Crippen LogP contribution in [0.3, 0.4) is 0 Å². The highest BCUT2D eigenvalue weighted by molar-refractivity contribution is 5.97. The standard InChI is InChI=1S/C18H15F2NO5/c1-10(26-18(23)11-6-12(19)8-13(20)7-11)17(22)21-14-2-3-15-16(9-14)25-5-4-24-15/h2-3,6-10H,4-5H2,1H3,(H,21,22)/t10-/m1/s1. The van der Waals surface area contributed by atoms with Crippen LogP contribution in [0, 0.1) is 11.6 Å². The number of hydrogen-bond acceptors (Lipinski definition) is 5. The van der Waals surface area contributed by atoms with Crippen molar-refractivity contribution in [3.8, 4) is 11.5 Å². The van der Waals surface area contributed by atoms with Crippen molar-refractivity contribution in [3.63, 3.8) is 0 Å². The van der Waals surface area contributed by atoms with Crippen LogP contribution >= 0.6 is 0 Å². The van der Waals surface area contributed by atoms with Gasteiger partial charge < -0.3 is 19.5 Å². The lowest BCUT2D eigenvalue weighted by Gasteiger charge is -2.19. The molecule has 0 aromatic heterocycles. The predicted molar refractivity (Wildman–Crippen MR) is 87.3 cm³/mol. The first kappa shape index (κ1) is 17.7. The number of ether oxygens (including phenoxy) is 3. The Hall–Kier alpha value is -3.16. The van der Waals surface area contributed by atoms with E-state index in [4.69, 9.17) is 14.2 Å². The highest BCUT2D eigenvalue weighted by atomic mass is 19.1. The summed E-state index contributed by atoms with van der Waals surface area (Å²) in [7, 11) is 0. The molecule has 0 spiro atoms. The monoisotopic (exact) mass is 363 g/mol. The summed E-state index contributed by atoms with van der Waals surface area (Å²) in [5.41, 5.74) is 0.112. The van der Waals surface area contributed by atoms with E-state index in [1.807, 2.05) is 0 Å². The van der Waals surface area contributed by atoms with E-state index in [0.29, 0.717) is 36.5 Å². The lowest BCUT2D eigenvalue weighted by atomic mass is 10.2. The number of amides is 1. The number of carbonyl (C=O) groups is 2. The highest BCUT2D eigenvalue weighted by Crippen LogP contribution is 2.32. The smallest absolute Gasteiger partial charge is 0.339 e. The Morgan fingerprint density at radius 1 is 1.04 bits per heavy atom. The van der Waals surface area contributed by atoms with Gasteiger partial charge in [-0.05, 0) is 31.2 Å². The van der Waals surface area contributed by atoms with E-state index in [0.717, 1.165) is 12.1 Å². The fraction of sp³-hybridized carbons (Fsp3) is 0.222. The summed E-state index contributed by atoms with van der Waals surface area (Å²) < 4.78 is 42.1. The average molecular weight is 363 g/mol. The van der Waals surface area contributed by atoms with Gasteiger partial charge >= 0.3 is 5.97 Å². The molecule has 1 aliphatic rings. The van der Waals surface area contributed by atoms with Gasteiger partial charge in [0.1, 0.15) is 24.8 Å². The third-order valence-electron chi connectivity index (χ3n) is 3.56. The molecular formula is C18H15F2NO5. The Morgan fingerprint density at radius 3 is 2.38 bits per heavy atom. The molecule has 0 radical (unpaired) electrons. The zero-order chi connectivity index (χ0) is 18.7. The maximum absolute atomic E-state index is 13.2. The van der Waals surface area contributed by atoms with Gasteiger partial charge in [0.2, 0.25) is 0 Å². The molecule has 0 fully saturated rings. The third kappa shape index (κ3) is 4.08. The molecule has 1 N–H and O–H groups in total. The fourth-order valence-corrected chi connectivity index (χ4v) is 2.32. The van der Waals surface area contributed by atoms with Crippen molar-refractivity contribution in [2.75, 3.05) is 18.5 Å². The number of hydrogen-bond donors (Lipinski definition) is 1. The molecule has 136 valence electrons. The van der Waals surface area contributed by atoms with Crippen LogP contribution in [-0.2, 0) is 9.53 Å². The van der Waals surface area contributed by atoms with Crippen LogP contribution in [0.15, 0.2) is 36.4 Å². The normalized spacial score (nSPS) is 13.7. The Labute approximate surface area is 147 Å². The van der Waals surface area contributed by atoms with Crippen molar-refractivity contribution in [1.82, 2.24) is 0 Å². The lowest BCUT2D eigenvalue weighted by molar-refractivity contribution is -0.123. The zero-order valence-corrected chi connectivity index (χ0v) is 13.8. The van der Waals surface area contributed by atoms with Gasteiger partial charge in [0.25, 0.3) is 5.91 Å². The van der Waals surface area contributed by atoms with Gasteiger partial charge in [-0.1, -0.05) is 0 Å². The third-order valence-corrected chi connectivity index (χ3v) is 3.56. The van der Waals surface area contributed by atoms with Crippen molar-refractivity contribution in [2.45, 2.75) is 13.0 Å². The van der Waals surface area contributed by atoms with Gasteiger partial charge in [0, 0.05) is 17.8 Å². The van der Waals surface area contributed by atoms with Crippen LogP contribution in [0.4, 0.5) is 14.5 Å². The average Bonchev–Trinajstić information content (AvgIpc) is 2.60. The number of halogens is 2. The van der Waals surface area contributed by atoms with Crippen molar-refractivity contribution < 1.29 is 32.6 Å². The van der Waals surface area contributed by atoms with Crippen LogP contribution < -0.4 is 14.8 Å². The van der Waals surface area contributed by atoms with Crippen LogP contribution in [-0.4, -0.2) is 31.2 Å². The molecule has 0 aliphatic carbocycles. The molecule has 3 rings (SSSR count). The second-order valence-electron chi connectivity index (χ2n) is 5.55.